The summed E-state index contributed by atoms with van der Waals surface area (Å²) < 4.78 is 12.8. The van der Waals surface area contributed by atoms with Crippen LogP contribution in [0.5, 0.6) is 0 Å². The third-order valence-corrected chi connectivity index (χ3v) is 2.84. The summed E-state index contributed by atoms with van der Waals surface area (Å²) in [5.74, 6) is -0.210. The predicted octanol–water partition coefficient (Wildman–Crippen LogP) is 3.38. The Morgan fingerprint density at radius 2 is 1.82 bits per heavy atom. The van der Waals surface area contributed by atoms with Gasteiger partial charge >= 0.3 is 0 Å². The highest BCUT2D eigenvalue weighted by Gasteiger charge is 2.07. The molecule has 0 aliphatic carbocycles. The van der Waals surface area contributed by atoms with Crippen molar-refractivity contribution in [3.05, 3.63) is 71.0 Å². The van der Waals surface area contributed by atoms with Crippen molar-refractivity contribution in [1.29, 1.82) is 0 Å². The molecule has 0 aliphatic rings. The van der Waals surface area contributed by atoms with E-state index >= 15 is 0 Å². The van der Waals surface area contributed by atoms with Crippen LogP contribution in [-0.4, -0.2) is 0 Å². The van der Waals surface area contributed by atoms with Crippen molar-refractivity contribution in [2.45, 2.75) is 19.4 Å². The van der Waals surface area contributed by atoms with Gasteiger partial charge in [0.25, 0.3) is 0 Å². The number of hydrogen-bond acceptors (Lipinski definition) is 1. The molecule has 17 heavy (non-hydrogen) atoms. The van der Waals surface area contributed by atoms with Crippen LogP contribution in [-0.2, 0) is 6.42 Å². The van der Waals surface area contributed by atoms with E-state index in [1.54, 1.807) is 12.1 Å². The molecule has 2 aromatic carbocycles. The molecule has 0 bridgehead atoms. The summed E-state index contributed by atoms with van der Waals surface area (Å²) in [6, 6.07) is 14.6. The van der Waals surface area contributed by atoms with Gasteiger partial charge in [-0.15, -0.1) is 0 Å². The molecular formula is C15H16FN. The molecule has 0 radical (unpaired) electrons. The Hall–Kier alpha value is -1.67. The summed E-state index contributed by atoms with van der Waals surface area (Å²) in [6.07, 6.45) is 0.726. The van der Waals surface area contributed by atoms with E-state index in [9.17, 15) is 4.39 Å². The third-order valence-electron chi connectivity index (χ3n) is 2.84. The largest absolute Gasteiger partial charge is 0.324 e. The first kappa shape index (κ1) is 11.8. The smallest absolute Gasteiger partial charge is 0.123 e. The van der Waals surface area contributed by atoms with Crippen molar-refractivity contribution in [2.75, 3.05) is 0 Å². The Kier molecular flexibility index (Phi) is 3.55. The van der Waals surface area contributed by atoms with Crippen LogP contribution >= 0.6 is 0 Å². The molecule has 1 atom stereocenters. The maximum atomic E-state index is 12.8. The van der Waals surface area contributed by atoms with Crippen LogP contribution < -0.4 is 5.73 Å². The summed E-state index contributed by atoms with van der Waals surface area (Å²) >= 11 is 0. The van der Waals surface area contributed by atoms with E-state index in [0.29, 0.717) is 0 Å². The number of nitrogens with two attached hydrogens (primary N) is 1. The zero-order valence-corrected chi connectivity index (χ0v) is 9.86. The minimum absolute atomic E-state index is 0.0413. The van der Waals surface area contributed by atoms with Gasteiger partial charge in [-0.25, -0.2) is 4.39 Å². The van der Waals surface area contributed by atoms with Crippen LogP contribution in [0.25, 0.3) is 0 Å². The van der Waals surface area contributed by atoms with Gasteiger partial charge in [0, 0.05) is 6.04 Å². The van der Waals surface area contributed by atoms with Crippen molar-refractivity contribution >= 4 is 0 Å². The molecule has 2 N–H and O–H groups in total. The molecule has 2 aromatic rings. The van der Waals surface area contributed by atoms with Gasteiger partial charge in [0.15, 0.2) is 0 Å². The third kappa shape index (κ3) is 3.14. The number of halogens is 1. The van der Waals surface area contributed by atoms with Gasteiger partial charge in [0.2, 0.25) is 0 Å². The Bertz CT molecular complexity index is 491. The number of benzene rings is 2. The van der Waals surface area contributed by atoms with Crippen LogP contribution in [0.15, 0.2) is 48.5 Å². The number of aryl methyl sites for hydroxylation is 1. The summed E-state index contributed by atoms with van der Waals surface area (Å²) in [5, 5.41) is 0. The van der Waals surface area contributed by atoms with E-state index in [1.165, 1.54) is 17.7 Å². The normalized spacial score (nSPS) is 12.4. The van der Waals surface area contributed by atoms with Crippen LogP contribution in [0, 0.1) is 12.7 Å². The zero-order valence-electron chi connectivity index (χ0n) is 9.86. The maximum Gasteiger partial charge on any atom is 0.123 e. The first-order valence-electron chi connectivity index (χ1n) is 5.72. The summed E-state index contributed by atoms with van der Waals surface area (Å²) in [6.45, 7) is 2.05. The van der Waals surface area contributed by atoms with Crippen molar-refractivity contribution < 1.29 is 4.39 Å². The van der Waals surface area contributed by atoms with E-state index in [-0.39, 0.29) is 11.9 Å². The fourth-order valence-electron chi connectivity index (χ4n) is 1.89. The Morgan fingerprint density at radius 1 is 1.12 bits per heavy atom. The Morgan fingerprint density at radius 3 is 2.47 bits per heavy atom. The highest BCUT2D eigenvalue weighted by Crippen LogP contribution is 2.17. The molecule has 0 spiro atoms. The van der Waals surface area contributed by atoms with E-state index < -0.39 is 0 Å². The van der Waals surface area contributed by atoms with Gasteiger partial charge in [0.1, 0.15) is 5.82 Å². The summed E-state index contributed by atoms with van der Waals surface area (Å²) in [4.78, 5) is 0. The van der Waals surface area contributed by atoms with Gasteiger partial charge in [-0.1, -0.05) is 42.0 Å². The molecule has 0 saturated heterocycles. The van der Waals surface area contributed by atoms with E-state index in [0.717, 1.165) is 17.5 Å². The van der Waals surface area contributed by atoms with Crippen molar-refractivity contribution in [3.8, 4) is 0 Å². The molecule has 1 nitrogen and oxygen atoms in total. The minimum Gasteiger partial charge on any atom is -0.324 e. The molecule has 0 aromatic heterocycles. The molecule has 1 unspecified atom stereocenters. The SMILES string of the molecule is Cc1cccc(C(N)Cc2ccc(F)cc2)c1. The maximum absolute atomic E-state index is 12.8. The molecule has 0 aliphatic heterocycles. The molecular weight excluding hydrogens is 213 g/mol. The fraction of sp³-hybridized carbons (Fsp3) is 0.200. The molecule has 88 valence electrons. The second-order valence-corrected chi connectivity index (χ2v) is 4.35. The predicted molar refractivity (Wildman–Crippen MR) is 68.2 cm³/mol. The topological polar surface area (TPSA) is 26.0 Å². The van der Waals surface area contributed by atoms with Crippen LogP contribution in [0.1, 0.15) is 22.7 Å². The lowest BCUT2D eigenvalue weighted by Crippen LogP contribution is -2.13. The molecule has 2 rings (SSSR count). The van der Waals surface area contributed by atoms with E-state index in [1.807, 2.05) is 25.1 Å². The standard InChI is InChI=1S/C15H16FN/c1-11-3-2-4-13(9-11)15(17)10-12-5-7-14(16)8-6-12/h2-9,15H,10,17H2,1H3. The number of rotatable bonds is 3. The van der Waals surface area contributed by atoms with Crippen molar-refractivity contribution in [3.63, 3.8) is 0 Å². The van der Waals surface area contributed by atoms with Crippen molar-refractivity contribution in [1.82, 2.24) is 0 Å². The van der Waals surface area contributed by atoms with Gasteiger partial charge in [0.05, 0.1) is 0 Å². The molecule has 0 fully saturated rings. The molecule has 0 amide bonds. The average Bonchev–Trinajstić information content (AvgIpc) is 2.32. The van der Waals surface area contributed by atoms with E-state index in [4.69, 9.17) is 5.73 Å². The Balaban J connectivity index is 2.11. The zero-order chi connectivity index (χ0) is 12.3. The lowest BCUT2D eigenvalue weighted by molar-refractivity contribution is 0.625. The minimum atomic E-state index is -0.210. The monoisotopic (exact) mass is 229 g/mol. The highest BCUT2D eigenvalue weighted by molar-refractivity contribution is 5.27. The average molecular weight is 229 g/mol. The van der Waals surface area contributed by atoms with Crippen LogP contribution in [0.2, 0.25) is 0 Å². The second kappa shape index (κ2) is 5.11. The molecule has 0 saturated carbocycles. The fourth-order valence-corrected chi connectivity index (χ4v) is 1.89. The Labute approximate surface area is 101 Å². The second-order valence-electron chi connectivity index (χ2n) is 4.35. The first-order chi connectivity index (χ1) is 8.15. The first-order valence-corrected chi connectivity index (χ1v) is 5.72. The molecule has 0 heterocycles. The van der Waals surface area contributed by atoms with Gasteiger partial charge in [-0.2, -0.15) is 0 Å². The van der Waals surface area contributed by atoms with Crippen LogP contribution in [0.4, 0.5) is 4.39 Å². The summed E-state index contributed by atoms with van der Waals surface area (Å²) in [7, 11) is 0. The van der Waals surface area contributed by atoms with Crippen molar-refractivity contribution in [2.24, 2.45) is 5.73 Å². The number of hydrogen-bond donors (Lipinski definition) is 1. The lowest BCUT2D eigenvalue weighted by Gasteiger charge is -2.12. The molecule has 2 heteroatoms. The lowest BCUT2D eigenvalue weighted by atomic mass is 9.98. The van der Waals surface area contributed by atoms with E-state index in [2.05, 4.69) is 6.07 Å². The van der Waals surface area contributed by atoms with Crippen LogP contribution in [0.3, 0.4) is 0 Å². The summed E-state index contributed by atoms with van der Waals surface area (Å²) in [5.41, 5.74) is 9.52. The van der Waals surface area contributed by atoms with Gasteiger partial charge in [-0.3, -0.25) is 0 Å². The highest BCUT2D eigenvalue weighted by atomic mass is 19.1. The van der Waals surface area contributed by atoms with Gasteiger partial charge < -0.3 is 5.73 Å². The quantitative estimate of drug-likeness (QED) is 0.858. The van der Waals surface area contributed by atoms with Gasteiger partial charge in [-0.05, 0) is 36.6 Å².